The highest BCUT2D eigenvalue weighted by Crippen LogP contribution is 2.23. The maximum absolute atomic E-state index is 12.9. The maximum atomic E-state index is 12.9. The summed E-state index contributed by atoms with van der Waals surface area (Å²) in [6.07, 6.45) is 1.31. The molecule has 7 heteroatoms. The topological polar surface area (TPSA) is 71.5 Å². The minimum atomic E-state index is -0.565. The molecule has 2 heterocycles. The molecule has 2 aliphatic heterocycles. The first-order chi connectivity index (χ1) is 13.9. The van der Waals surface area contributed by atoms with Gasteiger partial charge in [-0.2, -0.15) is 0 Å². The molecule has 0 bridgehead atoms. The van der Waals surface area contributed by atoms with Crippen LogP contribution in [0.2, 0.25) is 0 Å². The molecule has 0 aliphatic carbocycles. The predicted octanol–water partition coefficient (Wildman–Crippen LogP) is 1.78. The highest BCUT2D eigenvalue weighted by atomic mass is 16.5. The highest BCUT2D eigenvalue weighted by molar-refractivity contribution is 5.79. The van der Waals surface area contributed by atoms with Gasteiger partial charge in [0.15, 0.2) is 0 Å². The SMILES string of the molecule is COc1ccc(OCC(O)CN2CCC(C(=O)N3CC(C)OC(C)C3)CC2)cc1. The average Bonchev–Trinajstić information content (AvgIpc) is 2.72. The summed E-state index contributed by atoms with van der Waals surface area (Å²) in [5.41, 5.74) is 0. The van der Waals surface area contributed by atoms with Crippen LogP contribution < -0.4 is 9.47 Å². The molecule has 1 N–H and O–H groups in total. The molecule has 2 aliphatic rings. The number of benzene rings is 1. The number of rotatable bonds is 7. The number of hydrogen-bond acceptors (Lipinski definition) is 6. The maximum Gasteiger partial charge on any atom is 0.225 e. The summed E-state index contributed by atoms with van der Waals surface area (Å²) in [6, 6.07) is 7.32. The number of piperidine rings is 1. The fourth-order valence-corrected chi connectivity index (χ4v) is 4.19. The Morgan fingerprint density at radius 2 is 1.72 bits per heavy atom. The van der Waals surface area contributed by atoms with Crippen LogP contribution >= 0.6 is 0 Å². The van der Waals surface area contributed by atoms with E-state index in [-0.39, 0.29) is 30.6 Å². The molecule has 29 heavy (non-hydrogen) atoms. The summed E-state index contributed by atoms with van der Waals surface area (Å²) < 4.78 is 16.5. The van der Waals surface area contributed by atoms with E-state index in [1.807, 2.05) is 43.0 Å². The summed E-state index contributed by atoms with van der Waals surface area (Å²) in [5.74, 6) is 1.82. The van der Waals surface area contributed by atoms with Crippen LogP contribution in [-0.4, -0.2) is 85.6 Å². The first kappa shape index (κ1) is 21.9. The van der Waals surface area contributed by atoms with Gasteiger partial charge >= 0.3 is 0 Å². The molecule has 2 fully saturated rings. The molecule has 1 amide bonds. The molecular weight excluding hydrogens is 372 g/mol. The van der Waals surface area contributed by atoms with Crippen molar-refractivity contribution in [3.63, 3.8) is 0 Å². The summed E-state index contributed by atoms with van der Waals surface area (Å²) in [6.45, 7) is 7.87. The highest BCUT2D eigenvalue weighted by Gasteiger charge is 2.32. The summed E-state index contributed by atoms with van der Waals surface area (Å²) in [7, 11) is 1.62. The van der Waals surface area contributed by atoms with E-state index in [9.17, 15) is 9.90 Å². The number of β-amino-alcohol motifs (C(OH)–C–C–N with tert-alkyl or cyclic N) is 1. The number of morpholine rings is 1. The van der Waals surface area contributed by atoms with Crippen molar-refractivity contribution in [2.75, 3.05) is 46.4 Å². The molecule has 1 aromatic rings. The van der Waals surface area contributed by atoms with E-state index in [1.54, 1.807) is 7.11 Å². The van der Waals surface area contributed by atoms with Gasteiger partial charge in [0.2, 0.25) is 5.91 Å². The number of methoxy groups -OCH3 is 1. The van der Waals surface area contributed by atoms with Crippen LogP contribution in [0.25, 0.3) is 0 Å². The number of aliphatic hydroxyl groups excluding tert-OH is 1. The number of carbonyl (C=O) groups is 1. The lowest BCUT2D eigenvalue weighted by Crippen LogP contribution is -2.51. The van der Waals surface area contributed by atoms with Crippen molar-refractivity contribution >= 4 is 5.91 Å². The number of amides is 1. The zero-order valence-corrected chi connectivity index (χ0v) is 17.8. The van der Waals surface area contributed by atoms with Gasteiger partial charge in [-0.15, -0.1) is 0 Å². The monoisotopic (exact) mass is 406 g/mol. The Morgan fingerprint density at radius 1 is 1.14 bits per heavy atom. The molecular formula is C22H34N2O5. The molecule has 3 rings (SSSR count). The molecule has 0 spiro atoms. The minimum Gasteiger partial charge on any atom is -0.497 e. The van der Waals surface area contributed by atoms with Crippen LogP contribution in [0.5, 0.6) is 11.5 Å². The number of aliphatic hydroxyl groups is 1. The average molecular weight is 407 g/mol. The first-order valence-corrected chi connectivity index (χ1v) is 10.6. The normalized spacial score (nSPS) is 24.9. The Hall–Kier alpha value is -1.83. The van der Waals surface area contributed by atoms with Crippen molar-refractivity contribution in [3.05, 3.63) is 24.3 Å². The van der Waals surface area contributed by atoms with Gasteiger partial charge < -0.3 is 29.1 Å². The van der Waals surface area contributed by atoms with E-state index in [0.29, 0.717) is 25.4 Å². The first-order valence-electron chi connectivity index (χ1n) is 10.6. The fraction of sp³-hybridized carbons (Fsp3) is 0.682. The van der Waals surface area contributed by atoms with Gasteiger partial charge in [0.05, 0.1) is 19.3 Å². The molecule has 2 saturated heterocycles. The Balaban J connectivity index is 1.38. The Bertz CT molecular complexity index is 635. The lowest BCUT2D eigenvalue weighted by Gasteiger charge is -2.39. The molecule has 3 unspecified atom stereocenters. The Morgan fingerprint density at radius 3 is 2.31 bits per heavy atom. The third-order valence-electron chi connectivity index (χ3n) is 5.64. The van der Waals surface area contributed by atoms with Crippen LogP contribution in [0.4, 0.5) is 0 Å². The van der Waals surface area contributed by atoms with Gasteiger partial charge in [0.25, 0.3) is 0 Å². The second-order valence-electron chi connectivity index (χ2n) is 8.22. The van der Waals surface area contributed by atoms with Crippen molar-refractivity contribution in [3.8, 4) is 11.5 Å². The van der Waals surface area contributed by atoms with E-state index in [4.69, 9.17) is 14.2 Å². The van der Waals surface area contributed by atoms with Crippen LogP contribution in [-0.2, 0) is 9.53 Å². The Labute approximate surface area is 173 Å². The number of carbonyl (C=O) groups excluding carboxylic acids is 1. The van der Waals surface area contributed by atoms with E-state index in [2.05, 4.69) is 4.90 Å². The molecule has 7 nitrogen and oxygen atoms in total. The molecule has 1 aromatic carbocycles. The van der Waals surface area contributed by atoms with Gasteiger partial charge in [0, 0.05) is 25.6 Å². The van der Waals surface area contributed by atoms with Crippen molar-refractivity contribution in [2.24, 2.45) is 5.92 Å². The second kappa shape index (κ2) is 10.3. The second-order valence-corrected chi connectivity index (χ2v) is 8.22. The smallest absolute Gasteiger partial charge is 0.225 e. The summed E-state index contributed by atoms with van der Waals surface area (Å²) >= 11 is 0. The van der Waals surface area contributed by atoms with Crippen LogP contribution in [0.15, 0.2) is 24.3 Å². The van der Waals surface area contributed by atoms with Crippen LogP contribution in [0.3, 0.4) is 0 Å². The zero-order chi connectivity index (χ0) is 20.8. The van der Waals surface area contributed by atoms with Gasteiger partial charge in [-0.05, 0) is 64.0 Å². The molecule has 0 aromatic heterocycles. The van der Waals surface area contributed by atoms with E-state index < -0.39 is 6.10 Å². The molecule has 3 atom stereocenters. The number of hydrogen-bond donors (Lipinski definition) is 1. The van der Waals surface area contributed by atoms with Gasteiger partial charge in [-0.3, -0.25) is 4.79 Å². The molecule has 162 valence electrons. The third-order valence-corrected chi connectivity index (χ3v) is 5.64. The number of nitrogens with zero attached hydrogens (tertiary/aromatic N) is 2. The zero-order valence-electron chi connectivity index (χ0n) is 17.8. The molecule has 0 saturated carbocycles. The third kappa shape index (κ3) is 6.32. The Kier molecular flexibility index (Phi) is 7.75. The minimum absolute atomic E-state index is 0.0800. The molecule has 0 radical (unpaired) electrons. The van der Waals surface area contributed by atoms with Crippen molar-refractivity contribution < 1.29 is 24.1 Å². The van der Waals surface area contributed by atoms with Crippen molar-refractivity contribution in [1.82, 2.24) is 9.80 Å². The lowest BCUT2D eigenvalue weighted by molar-refractivity contribution is -0.149. The van der Waals surface area contributed by atoms with Gasteiger partial charge in [-0.1, -0.05) is 0 Å². The number of ether oxygens (including phenoxy) is 3. The largest absolute Gasteiger partial charge is 0.497 e. The fourth-order valence-electron chi connectivity index (χ4n) is 4.19. The van der Waals surface area contributed by atoms with Crippen molar-refractivity contribution in [2.45, 2.75) is 45.0 Å². The summed E-state index contributed by atoms with van der Waals surface area (Å²) in [5, 5.41) is 10.3. The standard InChI is InChI=1S/C22H34N2O5/c1-16-12-24(13-17(2)29-16)22(26)18-8-10-23(11-9-18)14-19(25)15-28-21-6-4-20(27-3)5-7-21/h4-7,16-19,25H,8-15H2,1-3H3. The van der Waals surface area contributed by atoms with E-state index in [0.717, 1.165) is 31.7 Å². The predicted molar refractivity (Wildman–Crippen MR) is 110 cm³/mol. The van der Waals surface area contributed by atoms with E-state index in [1.165, 1.54) is 0 Å². The quantitative estimate of drug-likeness (QED) is 0.744. The summed E-state index contributed by atoms with van der Waals surface area (Å²) in [4.78, 5) is 17.0. The van der Waals surface area contributed by atoms with Gasteiger partial charge in [-0.25, -0.2) is 0 Å². The van der Waals surface area contributed by atoms with Crippen LogP contribution in [0.1, 0.15) is 26.7 Å². The van der Waals surface area contributed by atoms with Crippen LogP contribution in [0, 0.1) is 5.92 Å². The number of likely N-dealkylation sites (tertiary alicyclic amines) is 1. The van der Waals surface area contributed by atoms with E-state index >= 15 is 0 Å². The van der Waals surface area contributed by atoms with Crippen molar-refractivity contribution in [1.29, 1.82) is 0 Å². The van der Waals surface area contributed by atoms with Gasteiger partial charge in [0.1, 0.15) is 24.2 Å². The lowest BCUT2D eigenvalue weighted by atomic mass is 9.94.